The average molecular weight is 388 g/mol. The molecule has 8 nitrogen and oxygen atoms in total. The Bertz CT molecular complexity index is 1180. The molecule has 0 amide bonds. The third kappa shape index (κ3) is 3.89. The van der Waals surface area contributed by atoms with Crippen LogP contribution in [0.4, 0.5) is 11.4 Å². The van der Waals surface area contributed by atoms with Crippen molar-refractivity contribution < 1.29 is 9.85 Å². The molecule has 0 unspecified atom stereocenters. The van der Waals surface area contributed by atoms with Crippen LogP contribution >= 0.6 is 0 Å². The Labute approximate surface area is 166 Å². The Morgan fingerprint density at radius 3 is 2.24 bits per heavy atom. The van der Waals surface area contributed by atoms with Crippen molar-refractivity contribution in [3.8, 4) is 11.8 Å². The van der Waals surface area contributed by atoms with Gasteiger partial charge in [0.15, 0.2) is 0 Å². The predicted octanol–water partition coefficient (Wildman–Crippen LogP) is 4.97. The summed E-state index contributed by atoms with van der Waals surface area (Å²) < 4.78 is 1.88. The fourth-order valence-electron chi connectivity index (χ4n) is 3.18. The average Bonchev–Trinajstić information content (AvgIpc) is 2.99. The number of nitrogens with zero attached hydrogens (tertiary/aromatic N) is 4. The van der Waals surface area contributed by atoms with Crippen LogP contribution in [0.5, 0.6) is 0 Å². The highest BCUT2D eigenvalue weighted by molar-refractivity contribution is 5.90. The minimum atomic E-state index is -0.494. The summed E-state index contributed by atoms with van der Waals surface area (Å²) in [4.78, 5) is 20.9. The zero-order valence-electron chi connectivity index (χ0n) is 15.7. The van der Waals surface area contributed by atoms with E-state index in [1.807, 2.05) is 24.5 Å². The first-order valence-corrected chi connectivity index (χ1v) is 8.62. The second-order valence-corrected chi connectivity index (χ2v) is 6.41. The van der Waals surface area contributed by atoms with Gasteiger partial charge in [-0.3, -0.25) is 20.2 Å². The molecule has 1 aromatic heterocycles. The van der Waals surface area contributed by atoms with Gasteiger partial charge in [0.1, 0.15) is 0 Å². The first-order valence-electron chi connectivity index (χ1n) is 8.62. The number of non-ortho nitro benzene ring substituents is 2. The minimum absolute atomic E-state index is 0.00399. The Balaban J connectivity index is 2.05. The highest BCUT2D eigenvalue weighted by Gasteiger charge is 2.14. The highest BCUT2D eigenvalue weighted by atomic mass is 16.6. The number of nitriles is 1. The summed E-state index contributed by atoms with van der Waals surface area (Å²) in [5.74, 6) is 0. The number of benzene rings is 2. The Morgan fingerprint density at radius 1 is 1.00 bits per heavy atom. The molecule has 0 aliphatic rings. The van der Waals surface area contributed by atoms with Gasteiger partial charge < -0.3 is 4.57 Å². The van der Waals surface area contributed by atoms with Gasteiger partial charge in [-0.25, -0.2) is 0 Å². The normalized spacial score (nSPS) is 11.1. The van der Waals surface area contributed by atoms with E-state index in [4.69, 9.17) is 0 Å². The lowest BCUT2D eigenvalue weighted by atomic mass is 10.0. The third-order valence-corrected chi connectivity index (χ3v) is 4.58. The topological polar surface area (TPSA) is 115 Å². The van der Waals surface area contributed by atoms with Gasteiger partial charge in [0.25, 0.3) is 11.4 Å². The van der Waals surface area contributed by atoms with Gasteiger partial charge >= 0.3 is 0 Å². The van der Waals surface area contributed by atoms with Crippen LogP contribution in [0.3, 0.4) is 0 Å². The molecular weight excluding hydrogens is 372 g/mol. The van der Waals surface area contributed by atoms with Crippen LogP contribution in [0.1, 0.15) is 22.5 Å². The van der Waals surface area contributed by atoms with Crippen molar-refractivity contribution in [2.45, 2.75) is 13.8 Å². The lowest BCUT2D eigenvalue weighted by Gasteiger charge is -2.09. The molecule has 0 N–H and O–H groups in total. The molecule has 144 valence electrons. The van der Waals surface area contributed by atoms with E-state index in [2.05, 4.69) is 6.07 Å². The molecule has 0 aliphatic heterocycles. The van der Waals surface area contributed by atoms with Crippen molar-refractivity contribution in [2.75, 3.05) is 0 Å². The molecule has 8 heteroatoms. The monoisotopic (exact) mass is 388 g/mol. The van der Waals surface area contributed by atoms with E-state index < -0.39 is 9.85 Å². The number of allylic oxidation sites excluding steroid dienone is 1. The molecule has 0 bridgehead atoms. The Hall–Kier alpha value is -4.25. The molecule has 0 atom stereocenters. The third-order valence-electron chi connectivity index (χ3n) is 4.58. The van der Waals surface area contributed by atoms with E-state index in [0.717, 1.165) is 17.0 Å². The maximum Gasteiger partial charge on any atom is 0.271 e. The quantitative estimate of drug-likeness (QED) is 0.347. The van der Waals surface area contributed by atoms with Gasteiger partial charge in [0, 0.05) is 35.7 Å². The number of nitro benzene ring substituents is 2. The predicted molar refractivity (Wildman–Crippen MR) is 108 cm³/mol. The van der Waals surface area contributed by atoms with Crippen LogP contribution < -0.4 is 0 Å². The smallest absolute Gasteiger partial charge is 0.271 e. The van der Waals surface area contributed by atoms with Gasteiger partial charge in [-0.05, 0) is 55.3 Å². The molecule has 0 radical (unpaired) electrons. The van der Waals surface area contributed by atoms with Crippen molar-refractivity contribution in [3.63, 3.8) is 0 Å². The van der Waals surface area contributed by atoms with E-state index in [-0.39, 0.29) is 11.4 Å². The van der Waals surface area contributed by atoms with E-state index in [1.165, 1.54) is 36.4 Å². The molecule has 1 heterocycles. The first-order chi connectivity index (χ1) is 13.8. The molecular formula is C21H16N4O4. The summed E-state index contributed by atoms with van der Waals surface area (Å²) in [6, 6.07) is 16.1. The number of aryl methyl sites for hydroxylation is 1. The molecule has 3 aromatic rings. The molecule has 0 spiro atoms. The summed E-state index contributed by atoms with van der Waals surface area (Å²) in [6.07, 6.45) is 1.71. The van der Waals surface area contributed by atoms with Crippen LogP contribution in [0.2, 0.25) is 0 Å². The lowest BCUT2D eigenvalue weighted by molar-refractivity contribution is -0.385. The van der Waals surface area contributed by atoms with E-state index in [1.54, 1.807) is 18.2 Å². The second-order valence-electron chi connectivity index (χ2n) is 6.41. The van der Waals surface area contributed by atoms with E-state index >= 15 is 0 Å². The summed E-state index contributed by atoms with van der Waals surface area (Å²) in [5.41, 5.74) is 3.99. The number of rotatable bonds is 5. The Morgan fingerprint density at radius 2 is 1.66 bits per heavy atom. The minimum Gasteiger partial charge on any atom is -0.318 e. The van der Waals surface area contributed by atoms with Crippen LogP contribution in [-0.4, -0.2) is 14.4 Å². The SMILES string of the molecule is Cc1cc(/C=C(/C#N)c2ccc([N+](=O)[O-])cc2)c(C)n1-c1cccc([N+](=O)[O-])c1. The molecule has 3 rings (SSSR count). The van der Waals surface area contributed by atoms with Crippen molar-refractivity contribution in [3.05, 3.63) is 97.3 Å². The highest BCUT2D eigenvalue weighted by Crippen LogP contribution is 2.27. The van der Waals surface area contributed by atoms with Crippen molar-refractivity contribution in [1.29, 1.82) is 5.26 Å². The molecule has 0 fully saturated rings. The van der Waals surface area contributed by atoms with Crippen molar-refractivity contribution in [1.82, 2.24) is 4.57 Å². The zero-order valence-corrected chi connectivity index (χ0v) is 15.7. The summed E-state index contributed by atoms with van der Waals surface area (Å²) in [7, 11) is 0. The van der Waals surface area contributed by atoms with Gasteiger partial charge in [-0.2, -0.15) is 5.26 Å². The zero-order chi connectivity index (χ0) is 21.1. The molecule has 0 aliphatic carbocycles. The maximum atomic E-state index is 11.1. The summed E-state index contributed by atoms with van der Waals surface area (Å²) in [6.45, 7) is 3.74. The molecule has 0 saturated heterocycles. The van der Waals surface area contributed by atoms with Crippen LogP contribution in [0.25, 0.3) is 17.3 Å². The maximum absolute atomic E-state index is 11.1. The fourth-order valence-corrected chi connectivity index (χ4v) is 3.18. The molecule has 29 heavy (non-hydrogen) atoms. The van der Waals surface area contributed by atoms with Crippen LogP contribution in [-0.2, 0) is 0 Å². The van der Waals surface area contributed by atoms with Crippen LogP contribution in [0.15, 0.2) is 54.6 Å². The number of aromatic nitrogens is 1. The van der Waals surface area contributed by atoms with E-state index in [9.17, 15) is 25.5 Å². The number of nitro groups is 2. The Kier molecular flexibility index (Phi) is 5.23. The van der Waals surface area contributed by atoms with Gasteiger partial charge in [0.05, 0.1) is 27.2 Å². The van der Waals surface area contributed by atoms with Gasteiger partial charge in [-0.1, -0.05) is 6.07 Å². The van der Waals surface area contributed by atoms with Crippen LogP contribution in [0, 0.1) is 45.4 Å². The summed E-state index contributed by atoms with van der Waals surface area (Å²) >= 11 is 0. The van der Waals surface area contributed by atoms with Crippen molar-refractivity contribution in [2.24, 2.45) is 0 Å². The van der Waals surface area contributed by atoms with Gasteiger partial charge in [0.2, 0.25) is 0 Å². The second kappa shape index (κ2) is 7.78. The largest absolute Gasteiger partial charge is 0.318 e. The van der Waals surface area contributed by atoms with Crippen molar-refractivity contribution >= 4 is 23.0 Å². The fraction of sp³-hybridized carbons (Fsp3) is 0.0952. The number of hydrogen-bond acceptors (Lipinski definition) is 5. The lowest BCUT2D eigenvalue weighted by Crippen LogP contribution is -2.00. The van der Waals surface area contributed by atoms with Gasteiger partial charge in [-0.15, -0.1) is 0 Å². The van der Waals surface area contributed by atoms with E-state index in [0.29, 0.717) is 16.8 Å². The summed E-state index contributed by atoms with van der Waals surface area (Å²) in [5, 5.41) is 31.5. The molecule has 0 saturated carbocycles. The first kappa shape index (κ1) is 19.5. The number of hydrogen-bond donors (Lipinski definition) is 0. The standard InChI is InChI=1S/C21H16N4O4/c1-14-10-17(11-18(13-22)16-6-8-19(9-7-16)24(26)27)15(2)23(14)20-4-3-5-21(12-20)25(28)29/h3-12H,1-2H3/b18-11-. The molecule has 2 aromatic carbocycles.